The van der Waals surface area contributed by atoms with Crippen molar-refractivity contribution in [3.8, 4) is 0 Å². The normalized spacial score (nSPS) is 27.0. The summed E-state index contributed by atoms with van der Waals surface area (Å²) in [7, 11) is 0. The van der Waals surface area contributed by atoms with Crippen LogP contribution in [0.2, 0.25) is 0 Å². The lowest BCUT2D eigenvalue weighted by molar-refractivity contribution is -0.136. The number of fused-ring (bicyclic) bond motifs is 3. The van der Waals surface area contributed by atoms with Crippen LogP contribution in [-0.2, 0) is 9.59 Å². The molecule has 4 rings (SSSR count). The Balaban J connectivity index is 1.55. The average Bonchev–Trinajstić information content (AvgIpc) is 2.55. The van der Waals surface area contributed by atoms with Gasteiger partial charge in [0.05, 0.1) is 0 Å². The molecule has 118 valence electrons. The molecule has 0 saturated heterocycles. The third-order valence-electron chi connectivity index (χ3n) is 5.47. The second-order valence-corrected chi connectivity index (χ2v) is 6.91. The molecule has 2 aliphatic carbocycles. The molecule has 2 aliphatic rings. The van der Waals surface area contributed by atoms with Crippen molar-refractivity contribution in [3.63, 3.8) is 0 Å². The number of ketones is 1. The Labute approximate surface area is 136 Å². The molecule has 3 atom stereocenters. The maximum Gasteiger partial charge on any atom is 0.227 e. The summed E-state index contributed by atoms with van der Waals surface area (Å²) in [5.74, 6) is 0.690. The Hall–Kier alpha value is -2.16. The van der Waals surface area contributed by atoms with E-state index in [4.69, 9.17) is 0 Å². The quantitative estimate of drug-likeness (QED) is 0.905. The first-order valence-corrected chi connectivity index (χ1v) is 8.55. The van der Waals surface area contributed by atoms with Crippen molar-refractivity contribution in [2.45, 2.75) is 32.1 Å². The van der Waals surface area contributed by atoms with Gasteiger partial charge in [0.2, 0.25) is 5.91 Å². The molecule has 3 nitrogen and oxygen atoms in total. The monoisotopic (exact) mass is 307 g/mol. The number of carbonyl (C=O) groups is 2. The zero-order valence-corrected chi connectivity index (χ0v) is 13.1. The molecular weight excluding hydrogens is 286 g/mol. The van der Waals surface area contributed by atoms with Crippen molar-refractivity contribution < 1.29 is 9.59 Å². The number of nitrogens with one attached hydrogen (secondary N) is 1. The Morgan fingerprint density at radius 1 is 0.957 bits per heavy atom. The summed E-state index contributed by atoms with van der Waals surface area (Å²) in [5.41, 5.74) is 0.871. The summed E-state index contributed by atoms with van der Waals surface area (Å²) in [5, 5.41) is 5.30. The first-order valence-electron chi connectivity index (χ1n) is 8.55. The van der Waals surface area contributed by atoms with E-state index in [0.717, 1.165) is 48.6 Å². The zero-order valence-electron chi connectivity index (χ0n) is 13.1. The zero-order chi connectivity index (χ0) is 15.8. The molecular formula is C20H21NO2. The Morgan fingerprint density at radius 2 is 1.65 bits per heavy atom. The lowest BCUT2D eigenvalue weighted by Gasteiger charge is -2.37. The van der Waals surface area contributed by atoms with Crippen molar-refractivity contribution in [3.05, 3.63) is 42.5 Å². The van der Waals surface area contributed by atoms with Gasteiger partial charge < -0.3 is 5.32 Å². The molecule has 2 saturated carbocycles. The van der Waals surface area contributed by atoms with Gasteiger partial charge >= 0.3 is 0 Å². The summed E-state index contributed by atoms with van der Waals surface area (Å²) in [6.07, 6.45) is 4.53. The molecule has 3 heteroatoms. The molecule has 2 aromatic carbocycles. The summed E-state index contributed by atoms with van der Waals surface area (Å²) in [6.45, 7) is 0. The molecule has 2 aromatic rings. The highest BCUT2D eigenvalue weighted by molar-refractivity contribution is 6.03. The summed E-state index contributed by atoms with van der Waals surface area (Å²) >= 11 is 0. The van der Waals surface area contributed by atoms with Crippen molar-refractivity contribution in [2.75, 3.05) is 5.32 Å². The van der Waals surface area contributed by atoms with E-state index in [9.17, 15) is 9.59 Å². The maximum atomic E-state index is 12.7. The SMILES string of the molecule is O=C(Nc1cccc2ccccc12)C1C[C@H]2CCC[C@@H](C1)C2=O. The highest BCUT2D eigenvalue weighted by Gasteiger charge is 2.41. The Bertz CT molecular complexity index is 746. The van der Waals surface area contributed by atoms with Crippen LogP contribution in [0.25, 0.3) is 10.8 Å². The van der Waals surface area contributed by atoms with Crippen LogP contribution in [0, 0.1) is 17.8 Å². The summed E-state index contributed by atoms with van der Waals surface area (Å²) in [6, 6.07) is 14.0. The lowest BCUT2D eigenvalue weighted by Crippen LogP contribution is -2.40. The van der Waals surface area contributed by atoms with Gasteiger partial charge in [-0.3, -0.25) is 9.59 Å². The third kappa shape index (κ3) is 2.65. The van der Waals surface area contributed by atoms with Gasteiger partial charge in [-0.1, -0.05) is 42.8 Å². The van der Waals surface area contributed by atoms with Gasteiger partial charge in [-0.25, -0.2) is 0 Å². The molecule has 0 heterocycles. The van der Waals surface area contributed by atoms with Crippen molar-refractivity contribution in [1.82, 2.24) is 0 Å². The molecule has 0 aliphatic heterocycles. The molecule has 2 fully saturated rings. The first-order chi connectivity index (χ1) is 11.2. The van der Waals surface area contributed by atoms with E-state index in [-0.39, 0.29) is 23.7 Å². The van der Waals surface area contributed by atoms with Crippen LogP contribution in [0.3, 0.4) is 0 Å². The number of hydrogen-bond acceptors (Lipinski definition) is 2. The van der Waals surface area contributed by atoms with Crippen molar-refractivity contribution >= 4 is 28.2 Å². The highest BCUT2D eigenvalue weighted by atomic mass is 16.2. The molecule has 0 radical (unpaired) electrons. The number of Topliss-reactive ketones (excluding diaryl/α,β-unsaturated/α-hetero) is 1. The van der Waals surface area contributed by atoms with Crippen LogP contribution in [0.1, 0.15) is 32.1 Å². The van der Waals surface area contributed by atoms with Gasteiger partial charge in [-0.2, -0.15) is 0 Å². The minimum Gasteiger partial charge on any atom is -0.325 e. The van der Waals surface area contributed by atoms with Gasteiger partial charge in [0.25, 0.3) is 0 Å². The lowest BCUT2D eigenvalue weighted by atomic mass is 9.67. The number of carbonyl (C=O) groups excluding carboxylic acids is 2. The van der Waals surface area contributed by atoms with Crippen LogP contribution in [0.5, 0.6) is 0 Å². The van der Waals surface area contributed by atoms with Crippen LogP contribution < -0.4 is 5.32 Å². The highest BCUT2D eigenvalue weighted by Crippen LogP contribution is 2.40. The predicted molar refractivity (Wildman–Crippen MR) is 91.1 cm³/mol. The molecule has 1 unspecified atom stereocenters. The standard InChI is InChI=1S/C20H21NO2/c22-19-14-7-3-8-15(19)12-16(11-14)20(23)21-18-10-4-6-13-5-1-2-9-17(13)18/h1-2,4-6,9-10,14-16H,3,7-8,11-12H2,(H,21,23)/t14-,15+,16?. The van der Waals surface area contributed by atoms with Crippen molar-refractivity contribution in [2.24, 2.45) is 17.8 Å². The van der Waals surface area contributed by atoms with Gasteiger partial charge in [-0.15, -0.1) is 0 Å². The molecule has 1 amide bonds. The number of benzene rings is 2. The van der Waals surface area contributed by atoms with Crippen LogP contribution in [0.4, 0.5) is 5.69 Å². The summed E-state index contributed by atoms with van der Waals surface area (Å²) < 4.78 is 0. The third-order valence-corrected chi connectivity index (χ3v) is 5.47. The van der Waals surface area contributed by atoms with Gasteiger partial charge in [-0.05, 0) is 37.1 Å². The second-order valence-electron chi connectivity index (χ2n) is 6.91. The number of amides is 1. The average molecular weight is 307 g/mol. The molecule has 23 heavy (non-hydrogen) atoms. The number of hydrogen-bond donors (Lipinski definition) is 1. The van der Waals surface area contributed by atoms with E-state index in [1.165, 1.54) is 0 Å². The van der Waals surface area contributed by atoms with Gasteiger partial charge in [0.1, 0.15) is 5.78 Å². The number of anilines is 1. The van der Waals surface area contributed by atoms with E-state index >= 15 is 0 Å². The minimum absolute atomic E-state index is 0.0260. The Morgan fingerprint density at radius 3 is 2.43 bits per heavy atom. The predicted octanol–water partition coefficient (Wildman–Crippen LogP) is 4.17. The molecule has 2 bridgehead atoms. The minimum atomic E-state index is -0.0260. The van der Waals surface area contributed by atoms with E-state index < -0.39 is 0 Å². The topological polar surface area (TPSA) is 46.2 Å². The Kier molecular flexibility index (Phi) is 3.64. The van der Waals surface area contributed by atoms with Crippen LogP contribution in [0.15, 0.2) is 42.5 Å². The van der Waals surface area contributed by atoms with E-state index in [1.54, 1.807) is 0 Å². The van der Waals surface area contributed by atoms with Gasteiger partial charge in [0, 0.05) is 28.8 Å². The summed E-state index contributed by atoms with van der Waals surface area (Å²) in [4.78, 5) is 24.9. The molecule has 0 spiro atoms. The second kappa shape index (κ2) is 5.80. The smallest absolute Gasteiger partial charge is 0.227 e. The number of rotatable bonds is 2. The van der Waals surface area contributed by atoms with Crippen molar-refractivity contribution in [1.29, 1.82) is 0 Å². The largest absolute Gasteiger partial charge is 0.325 e. The fraction of sp³-hybridized carbons (Fsp3) is 0.400. The van der Waals surface area contributed by atoms with E-state index in [1.807, 2.05) is 30.3 Å². The molecule has 0 aromatic heterocycles. The van der Waals surface area contributed by atoms with E-state index in [2.05, 4.69) is 17.4 Å². The van der Waals surface area contributed by atoms with Gasteiger partial charge in [0.15, 0.2) is 0 Å². The van der Waals surface area contributed by atoms with Crippen LogP contribution in [-0.4, -0.2) is 11.7 Å². The maximum absolute atomic E-state index is 12.7. The van der Waals surface area contributed by atoms with Crippen LogP contribution >= 0.6 is 0 Å². The van der Waals surface area contributed by atoms with E-state index in [0.29, 0.717) is 5.78 Å². The molecule has 1 N–H and O–H groups in total. The fourth-order valence-electron chi connectivity index (χ4n) is 4.26. The fourth-order valence-corrected chi connectivity index (χ4v) is 4.26. The first kappa shape index (κ1) is 14.4.